The zero-order valence-corrected chi connectivity index (χ0v) is 11.9. The molecule has 20 heavy (non-hydrogen) atoms. The minimum atomic E-state index is -0.599. The van der Waals surface area contributed by atoms with Crippen LogP contribution in [0.1, 0.15) is 25.3 Å². The Morgan fingerprint density at radius 1 is 1.40 bits per heavy atom. The number of nitrogens with one attached hydrogen (secondary N) is 1. The fourth-order valence-corrected chi connectivity index (χ4v) is 2.29. The van der Waals surface area contributed by atoms with Crippen LogP contribution in [0.15, 0.2) is 24.3 Å². The third-order valence-electron chi connectivity index (χ3n) is 3.51. The van der Waals surface area contributed by atoms with Gasteiger partial charge >= 0.3 is 0 Å². The molecule has 5 nitrogen and oxygen atoms in total. The van der Waals surface area contributed by atoms with E-state index in [2.05, 4.69) is 5.32 Å². The number of amides is 2. The molecule has 0 spiro atoms. The van der Waals surface area contributed by atoms with Gasteiger partial charge in [0.1, 0.15) is 6.04 Å². The number of carbonyl (C=O) groups excluding carboxylic acids is 2. The van der Waals surface area contributed by atoms with Crippen LogP contribution in [0, 0.1) is 6.92 Å². The number of hydrogen-bond donors (Lipinski definition) is 2. The predicted molar refractivity (Wildman–Crippen MR) is 78.3 cm³/mol. The summed E-state index contributed by atoms with van der Waals surface area (Å²) in [5.41, 5.74) is 7.55. The van der Waals surface area contributed by atoms with Crippen LogP contribution in [0.25, 0.3) is 0 Å². The average molecular weight is 275 g/mol. The quantitative estimate of drug-likeness (QED) is 0.862. The molecule has 1 saturated heterocycles. The first-order valence-electron chi connectivity index (χ1n) is 6.93. The number of nitrogens with two attached hydrogens (primary N) is 1. The van der Waals surface area contributed by atoms with Gasteiger partial charge in [-0.2, -0.15) is 0 Å². The second-order valence-electron chi connectivity index (χ2n) is 5.32. The number of rotatable bonds is 3. The van der Waals surface area contributed by atoms with E-state index in [1.54, 1.807) is 11.8 Å². The highest BCUT2D eigenvalue weighted by Crippen LogP contribution is 2.21. The Morgan fingerprint density at radius 2 is 2.05 bits per heavy atom. The van der Waals surface area contributed by atoms with Gasteiger partial charge in [0.15, 0.2) is 0 Å². The van der Waals surface area contributed by atoms with Crippen LogP contribution in [0.2, 0.25) is 0 Å². The van der Waals surface area contributed by atoms with Gasteiger partial charge in [-0.1, -0.05) is 17.7 Å². The van der Waals surface area contributed by atoms with Crippen LogP contribution >= 0.6 is 0 Å². The van der Waals surface area contributed by atoms with Crippen LogP contribution in [0.3, 0.4) is 0 Å². The summed E-state index contributed by atoms with van der Waals surface area (Å²) >= 11 is 0. The van der Waals surface area contributed by atoms with Gasteiger partial charge in [0, 0.05) is 12.2 Å². The lowest BCUT2D eigenvalue weighted by molar-refractivity contribution is -0.128. The first kappa shape index (κ1) is 14.5. The van der Waals surface area contributed by atoms with Crippen molar-refractivity contribution >= 4 is 17.5 Å². The fraction of sp³-hybridized carbons (Fsp3) is 0.467. The highest BCUT2D eigenvalue weighted by atomic mass is 16.2. The van der Waals surface area contributed by atoms with Crippen molar-refractivity contribution in [3.63, 3.8) is 0 Å². The minimum absolute atomic E-state index is 0.0610. The van der Waals surface area contributed by atoms with E-state index >= 15 is 0 Å². The van der Waals surface area contributed by atoms with Gasteiger partial charge in [0.05, 0.1) is 6.04 Å². The molecular weight excluding hydrogens is 254 g/mol. The lowest BCUT2D eigenvalue weighted by atomic mass is 10.0. The topological polar surface area (TPSA) is 75.4 Å². The smallest absolute Gasteiger partial charge is 0.249 e. The Labute approximate surface area is 119 Å². The molecule has 0 saturated carbocycles. The second kappa shape index (κ2) is 6.05. The van der Waals surface area contributed by atoms with Gasteiger partial charge in [0.2, 0.25) is 11.8 Å². The van der Waals surface area contributed by atoms with Crippen molar-refractivity contribution in [2.75, 3.05) is 11.4 Å². The summed E-state index contributed by atoms with van der Waals surface area (Å²) < 4.78 is 0. The first-order valence-corrected chi connectivity index (χ1v) is 6.93. The Balaban J connectivity index is 2.10. The van der Waals surface area contributed by atoms with Crippen LogP contribution in [-0.4, -0.2) is 30.4 Å². The van der Waals surface area contributed by atoms with E-state index in [9.17, 15) is 9.59 Å². The van der Waals surface area contributed by atoms with E-state index in [1.807, 2.05) is 31.2 Å². The van der Waals surface area contributed by atoms with Gasteiger partial charge < -0.3 is 16.0 Å². The number of aryl methyl sites for hydroxylation is 1. The summed E-state index contributed by atoms with van der Waals surface area (Å²) in [5.74, 6) is -0.344. The molecule has 1 aromatic rings. The lowest BCUT2D eigenvalue weighted by Gasteiger charge is -2.33. The van der Waals surface area contributed by atoms with E-state index in [4.69, 9.17) is 5.73 Å². The summed E-state index contributed by atoms with van der Waals surface area (Å²) in [4.78, 5) is 25.8. The molecule has 2 rings (SSSR count). The maximum atomic E-state index is 12.4. The molecule has 2 amide bonds. The largest absolute Gasteiger partial charge is 0.343 e. The highest BCUT2D eigenvalue weighted by molar-refractivity contribution is 6.00. The van der Waals surface area contributed by atoms with Gasteiger partial charge in [-0.25, -0.2) is 0 Å². The Bertz CT molecular complexity index is 496. The molecule has 0 aromatic heterocycles. The maximum absolute atomic E-state index is 12.4. The molecule has 1 aliphatic rings. The third kappa shape index (κ3) is 3.17. The van der Waals surface area contributed by atoms with Crippen molar-refractivity contribution in [1.82, 2.24) is 5.32 Å². The van der Waals surface area contributed by atoms with E-state index < -0.39 is 12.1 Å². The van der Waals surface area contributed by atoms with Crippen LogP contribution in [0.4, 0.5) is 5.69 Å². The Kier molecular flexibility index (Phi) is 4.39. The van der Waals surface area contributed by atoms with Crippen molar-refractivity contribution in [1.29, 1.82) is 0 Å². The number of piperidine rings is 1. The van der Waals surface area contributed by atoms with E-state index in [1.165, 1.54) is 0 Å². The number of hydrogen-bond acceptors (Lipinski definition) is 3. The van der Waals surface area contributed by atoms with Gasteiger partial charge in [-0.05, 0) is 38.8 Å². The monoisotopic (exact) mass is 275 g/mol. The summed E-state index contributed by atoms with van der Waals surface area (Å²) in [6.07, 6.45) is 1.53. The molecule has 5 heteroatoms. The SMILES string of the molecule is Cc1ccc(N2CCCC(NC(=O)[C@@H](C)N)C2=O)cc1. The zero-order chi connectivity index (χ0) is 14.7. The fourth-order valence-electron chi connectivity index (χ4n) is 2.29. The molecule has 0 aliphatic carbocycles. The van der Waals surface area contributed by atoms with Crippen LogP contribution < -0.4 is 16.0 Å². The lowest BCUT2D eigenvalue weighted by Crippen LogP contribution is -2.55. The molecule has 1 fully saturated rings. The molecule has 3 N–H and O–H groups in total. The third-order valence-corrected chi connectivity index (χ3v) is 3.51. The molecular formula is C15H21N3O2. The summed E-state index contributed by atoms with van der Waals surface area (Å²) in [6.45, 7) is 4.31. The standard InChI is InChI=1S/C15H21N3O2/c1-10-5-7-12(8-6-10)18-9-3-4-13(15(18)20)17-14(19)11(2)16/h5-8,11,13H,3-4,9,16H2,1-2H3,(H,17,19)/t11-,13?/m1/s1. The molecule has 1 unspecified atom stereocenters. The van der Waals surface area contributed by atoms with E-state index in [-0.39, 0.29) is 11.8 Å². The summed E-state index contributed by atoms with van der Waals surface area (Å²) in [6, 6.07) is 6.76. The van der Waals surface area contributed by atoms with Crippen molar-refractivity contribution in [2.45, 2.75) is 38.8 Å². The number of nitrogens with zero attached hydrogens (tertiary/aromatic N) is 1. The maximum Gasteiger partial charge on any atom is 0.249 e. The normalized spacial score (nSPS) is 20.6. The van der Waals surface area contributed by atoms with Crippen LogP contribution in [0.5, 0.6) is 0 Å². The highest BCUT2D eigenvalue weighted by Gasteiger charge is 2.31. The molecule has 1 aliphatic heterocycles. The average Bonchev–Trinajstić information content (AvgIpc) is 2.42. The zero-order valence-electron chi connectivity index (χ0n) is 11.9. The molecule has 108 valence electrons. The second-order valence-corrected chi connectivity index (χ2v) is 5.32. The summed E-state index contributed by atoms with van der Waals surface area (Å²) in [5, 5.41) is 2.72. The number of anilines is 1. The molecule has 0 radical (unpaired) electrons. The van der Waals surface area contributed by atoms with Gasteiger partial charge in [0.25, 0.3) is 0 Å². The molecule has 2 atom stereocenters. The van der Waals surface area contributed by atoms with Crippen molar-refractivity contribution < 1.29 is 9.59 Å². The van der Waals surface area contributed by atoms with Gasteiger partial charge in [-0.3, -0.25) is 9.59 Å². The van der Waals surface area contributed by atoms with E-state index in [0.717, 1.165) is 17.7 Å². The van der Waals surface area contributed by atoms with Crippen molar-refractivity contribution in [3.05, 3.63) is 29.8 Å². The summed E-state index contributed by atoms with van der Waals surface area (Å²) in [7, 11) is 0. The Hall–Kier alpha value is -1.88. The predicted octanol–water partition coefficient (Wildman–Crippen LogP) is 0.954. The van der Waals surface area contributed by atoms with Crippen molar-refractivity contribution in [3.8, 4) is 0 Å². The van der Waals surface area contributed by atoms with Crippen molar-refractivity contribution in [2.24, 2.45) is 5.73 Å². The van der Waals surface area contributed by atoms with Crippen LogP contribution in [-0.2, 0) is 9.59 Å². The first-order chi connectivity index (χ1) is 9.49. The Morgan fingerprint density at radius 3 is 2.65 bits per heavy atom. The number of carbonyl (C=O) groups is 2. The number of benzene rings is 1. The van der Waals surface area contributed by atoms with Gasteiger partial charge in [-0.15, -0.1) is 0 Å². The molecule has 1 heterocycles. The minimum Gasteiger partial charge on any atom is -0.343 e. The van der Waals surface area contributed by atoms with E-state index in [0.29, 0.717) is 13.0 Å². The molecule has 0 bridgehead atoms. The molecule has 1 aromatic carbocycles.